The Morgan fingerprint density at radius 2 is 1.35 bits per heavy atom. The van der Waals surface area contributed by atoms with Crippen molar-refractivity contribution in [3.63, 3.8) is 0 Å². The minimum absolute atomic E-state index is 0.00788. The smallest absolute Gasteiger partial charge is 0.157 e. The van der Waals surface area contributed by atoms with Crippen LogP contribution in [0.4, 0.5) is 0 Å². The number of hydrogen-bond acceptors (Lipinski definition) is 2. The van der Waals surface area contributed by atoms with Gasteiger partial charge in [0.1, 0.15) is 0 Å². The predicted octanol–water partition coefficient (Wildman–Crippen LogP) is 6.97. The van der Waals surface area contributed by atoms with Crippen LogP contribution in [-0.2, 0) is 9.47 Å². The molecule has 0 aromatic heterocycles. The fourth-order valence-electron chi connectivity index (χ4n) is 2.96. The first-order chi connectivity index (χ1) is 11.1. The van der Waals surface area contributed by atoms with Crippen LogP contribution in [0, 0.1) is 11.8 Å². The second kappa shape index (κ2) is 16.8. The molecule has 0 spiro atoms. The third-order valence-electron chi connectivity index (χ3n) is 4.70. The third-order valence-corrected chi connectivity index (χ3v) is 4.70. The second-order valence-electron chi connectivity index (χ2n) is 7.66. The first-order valence-electron chi connectivity index (χ1n) is 10.2. The summed E-state index contributed by atoms with van der Waals surface area (Å²) in [6.07, 6.45) is 15.7. The molecule has 23 heavy (non-hydrogen) atoms. The Balaban J connectivity index is 3.50. The Morgan fingerprint density at radius 3 is 1.96 bits per heavy atom. The van der Waals surface area contributed by atoms with Crippen LogP contribution >= 0.6 is 0 Å². The van der Waals surface area contributed by atoms with Crippen molar-refractivity contribution in [2.75, 3.05) is 13.7 Å². The third kappa shape index (κ3) is 16.6. The topological polar surface area (TPSA) is 18.5 Å². The SMILES string of the molecule is CCCCCCCCCC(OC)OCCC(C)CCCC(C)C. The summed E-state index contributed by atoms with van der Waals surface area (Å²) in [6, 6.07) is 0. The number of unbranched alkanes of at least 4 members (excludes halogenated alkanes) is 6. The molecule has 0 aliphatic carbocycles. The Bertz CT molecular complexity index is 228. The van der Waals surface area contributed by atoms with Crippen LogP contribution in [0.5, 0.6) is 0 Å². The number of rotatable bonds is 17. The molecule has 0 rings (SSSR count). The van der Waals surface area contributed by atoms with Crippen LogP contribution in [0.25, 0.3) is 0 Å². The molecule has 2 nitrogen and oxygen atoms in total. The van der Waals surface area contributed by atoms with Crippen LogP contribution in [0.1, 0.15) is 105 Å². The highest BCUT2D eigenvalue weighted by atomic mass is 16.7. The highest BCUT2D eigenvalue weighted by molar-refractivity contribution is 4.56. The minimum atomic E-state index is 0.00788. The van der Waals surface area contributed by atoms with E-state index in [1.165, 1.54) is 64.2 Å². The van der Waals surface area contributed by atoms with E-state index in [4.69, 9.17) is 9.47 Å². The summed E-state index contributed by atoms with van der Waals surface area (Å²) in [5.41, 5.74) is 0. The van der Waals surface area contributed by atoms with Gasteiger partial charge in [0.15, 0.2) is 6.29 Å². The van der Waals surface area contributed by atoms with E-state index in [0.29, 0.717) is 0 Å². The molecule has 0 aromatic carbocycles. The van der Waals surface area contributed by atoms with E-state index in [-0.39, 0.29) is 6.29 Å². The van der Waals surface area contributed by atoms with E-state index >= 15 is 0 Å². The highest BCUT2D eigenvalue weighted by Crippen LogP contribution is 2.16. The molecule has 0 radical (unpaired) electrons. The van der Waals surface area contributed by atoms with Gasteiger partial charge in [0, 0.05) is 13.7 Å². The molecule has 140 valence electrons. The molecule has 0 heterocycles. The fourth-order valence-corrected chi connectivity index (χ4v) is 2.96. The summed E-state index contributed by atoms with van der Waals surface area (Å²) >= 11 is 0. The van der Waals surface area contributed by atoms with Gasteiger partial charge >= 0.3 is 0 Å². The summed E-state index contributed by atoms with van der Waals surface area (Å²) < 4.78 is 11.4. The Morgan fingerprint density at radius 1 is 0.696 bits per heavy atom. The molecule has 0 N–H and O–H groups in total. The van der Waals surface area contributed by atoms with E-state index in [1.807, 2.05) is 0 Å². The lowest BCUT2D eigenvalue weighted by Crippen LogP contribution is -2.17. The molecule has 0 saturated heterocycles. The molecule has 0 saturated carbocycles. The summed E-state index contributed by atoms with van der Waals surface area (Å²) in [7, 11) is 1.78. The molecule has 0 amide bonds. The van der Waals surface area contributed by atoms with Crippen LogP contribution in [0.2, 0.25) is 0 Å². The molecular formula is C21H44O2. The lowest BCUT2D eigenvalue weighted by atomic mass is 9.98. The van der Waals surface area contributed by atoms with Crippen molar-refractivity contribution in [3.05, 3.63) is 0 Å². The van der Waals surface area contributed by atoms with E-state index in [2.05, 4.69) is 27.7 Å². The van der Waals surface area contributed by atoms with E-state index < -0.39 is 0 Å². The molecule has 0 fully saturated rings. The van der Waals surface area contributed by atoms with E-state index in [9.17, 15) is 0 Å². The Labute approximate surface area is 146 Å². The molecule has 2 heteroatoms. The first-order valence-corrected chi connectivity index (χ1v) is 10.2. The van der Waals surface area contributed by atoms with Gasteiger partial charge < -0.3 is 9.47 Å². The number of hydrogen-bond donors (Lipinski definition) is 0. The summed E-state index contributed by atoms with van der Waals surface area (Å²) in [4.78, 5) is 0. The largest absolute Gasteiger partial charge is 0.356 e. The summed E-state index contributed by atoms with van der Waals surface area (Å²) in [6.45, 7) is 10.1. The molecule has 2 atom stereocenters. The fraction of sp³-hybridized carbons (Fsp3) is 1.00. The van der Waals surface area contributed by atoms with Gasteiger partial charge in [-0.25, -0.2) is 0 Å². The van der Waals surface area contributed by atoms with Gasteiger partial charge in [-0.2, -0.15) is 0 Å². The average Bonchev–Trinajstić information content (AvgIpc) is 2.51. The standard InChI is InChI=1S/C21H44O2/c1-6-7-8-9-10-11-12-16-21(22-5)23-18-17-20(4)15-13-14-19(2)3/h19-21H,6-18H2,1-5H3. The maximum Gasteiger partial charge on any atom is 0.157 e. The van der Waals surface area contributed by atoms with Crippen molar-refractivity contribution in [2.24, 2.45) is 11.8 Å². The number of ether oxygens (including phenoxy) is 2. The lowest BCUT2D eigenvalue weighted by molar-refractivity contribution is -0.130. The van der Waals surface area contributed by atoms with Gasteiger partial charge in [0.25, 0.3) is 0 Å². The zero-order valence-corrected chi connectivity index (χ0v) is 16.7. The minimum Gasteiger partial charge on any atom is -0.356 e. The quantitative estimate of drug-likeness (QED) is 0.212. The van der Waals surface area contributed by atoms with E-state index in [1.54, 1.807) is 7.11 Å². The molecule has 0 aliphatic rings. The molecule has 0 bridgehead atoms. The van der Waals surface area contributed by atoms with Crippen LogP contribution < -0.4 is 0 Å². The molecule has 0 aliphatic heterocycles. The predicted molar refractivity (Wildman–Crippen MR) is 102 cm³/mol. The van der Waals surface area contributed by atoms with Crippen LogP contribution in [0.15, 0.2) is 0 Å². The van der Waals surface area contributed by atoms with Crippen molar-refractivity contribution >= 4 is 0 Å². The zero-order chi connectivity index (χ0) is 17.3. The lowest BCUT2D eigenvalue weighted by Gasteiger charge is -2.18. The summed E-state index contributed by atoms with van der Waals surface area (Å²) in [5.74, 6) is 1.60. The first kappa shape index (κ1) is 22.9. The van der Waals surface area contributed by atoms with Crippen molar-refractivity contribution in [3.8, 4) is 0 Å². The van der Waals surface area contributed by atoms with Crippen LogP contribution in [-0.4, -0.2) is 20.0 Å². The molecule has 2 unspecified atom stereocenters. The monoisotopic (exact) mass is 328 g/mol. The Kier molecular flexibility index (Phi) is 16.7. The van der Waals surface area contributed by atoms with Gasteiger partial charge in [-0.3, -0.25) is 0 Å². The van der Waals surface area contributed by atoms with Crippen LogP contribution in [0.3, 0.4) is 0 Å². The Hall–Kier alpha value is -0.0800. The van der Waals surface area contributed by atoms with Gasteiger partial charge in [0.05, 0.1) is 0 Å². The zero-order valence-electron chi connectivity index (χ0n) is 16.7. The average molecular weight is 329 g/mol. The van der Waals surface area contributed by atoms with Gasteiger partial charge in [-0.05, 0) is 31.1 Å². The maximum atomic E-state index is 5.91. The highest BCUT2D eigenvalue weighted by Gasteiger charge is 2.09. The summed E-state index contributed by atoms with van der Waals surface area (Å²) in [5, 5.41) is 0. The van der Waals surface area contributed by atoms with Crippen molar-refractivity contribution in [1.29, 1.82) is 0 Å². The second-order valence-corrected chi connectivity index (χ2v) is 7.66. The van der Waals surface area contributed by atoms with Gasteiger partial charge in [-0.15, -0.1) is 0 Å². The van der Waals surface area contributed by atoms with Crippen molar-refractivity contribution < 1.29 is 9.47 Å². The normalized spacial score (nSPS) is 14.3. The molecular weight excluding hydrogens is 284 g/mol. The maximum absolute atomic E-state index is 5.91. The van der Waals surface area contributed by atoms with Gasteiger partial charge in [0.2, 0.25) is 0 Å². The molecule has 0 aromatic rings. The number of methoxy groups -OCH3 is 1. The van der Waals surface area contributed by atoms with Crippen molar-refractivity contribution in [2.45, 2.75) is 111 Å². The van der Waals surface area contributed by atoms with E-state index in [0.717, 1.165) is 31.3 Å². The van der Waals surface area contributed by atoms with Gasteiger partial charge in [-0.1, -0.05) is 85.5 Å². The van der Waals surface area contributed by atoms with Crippen molar-refractivity contribution in [1.82, 2.24) is 0 Å².